The monoisotopic (exact) mass is 597 g/mol. The van der Waals surface area contributed by atoms with Crippen molar-refractivity contribution >= 4 is 69.9 Å². The Morgan fingerprint density at radius 2 is 1.33 bits per heavy atom. The van der Waals surface area contributed by atoms with Gasteiger partial charge in [0.2, 0.25) is 17.7 Å². The van der Waals surface area contributed by atoms with Crippen LogP contribution in [0.5, 0.6) is 0 Å². The number of nitrogens with one attached hydrogen (secondary N) is 4. The first-order valence-electron chi connectivity index (χ1n) is 12.6. The van der Waals surface area contributed by atoms with E-state index in [2.05, 4.69) is 20.9 Å². The van der Waals surface area contributed by atoms with Gasteiger partial charge in [-0.05, 0) is 66.9 Å². The van der Waals surface area contributed by atoms with Crippen LogP contribution in [-0.2, 0) is 25.6 Å². The lowest BCUT2D eigenvalue weighted by Crippen LogP contribution is -2.57. The van der Waals surface area contributed by atoms with Crippen LogP contribution in [0.25, 0.3) is 10.9 Å². The number of fused-ring (bicyclic) bond motifs is 1. The normalized spacial score (nSPS) is 14.3. The number of aliphatic carboxylic acids is 1. The quantitative estimate of drug-likeness (QED) is 0.150. The van der Waals surface area contributed by atoms with Crippen molar-refractivity contribution in [2.24, 2.45) is 5.73 Å². The third-order valence-corrected chi connectivity index (χ3v) is 8.10. The summed E-state index contributed by atoms with van der Waals surface area (Å²) in [6.07, 6.45) is 8.67. The number of rotatable bonds is 18. The summed E-state index contributed by atoms with van der Waals surface area (Å²) in [6, 6.07) is 3.77. The van der Waals surface area contributed by atoms with Crippen LogP contribution in [-0.4, -0.2) is 94.0 Å². The Labute approximate surface area is 242 Å². The number of H-pyrrole nitrogens is 1. The van der Waals surface area contributed by atoms with Crippen LogP contribution in [0, 0.1) is 0 Å². The lowest BCUT2D eigenvalue weighted by Gasteiger charge is -2.25. The van der Waals surface area contributed by atoms with Crippen molar-refractivity contribution in [3.05, 3.63) is 36.0 Å². The zero-order valence-corrected chi connectivity index (χ0v) is 25.0. The van der Waals surface area contributed by atoms with Gasteiger partial charge in [-0.3, -0.25) is 14.4 Å². The number of aromatic nitrogens is 1. The molecule has 216 valence electrons. The third kappa shape index (κ3) is 10.6. The predicted octanol–water partition coefficient (Wildman–Crippen LogP) is 1.84. The smallest absolute Gasteiger partial charge is 0.326 e. The number of nitrogens with two attached hydrogens (primary N) is 1. The Hall–Kier alpha value is -2.35. The molecule has 1 aromatic heterocycles. The lowest BCUT2D eigenvalue weighted by atomic mass is 10.0. The number of carbonyl (C=O) groups is 4. The molecular formula is C26H39N5O5S3. The molecule has 0 aliphatic rings. The molecule has 0 aliphatic carbocycles. The van der Waals surface area contributed by atoms with E-state index in [1.54, 1.807) is 18.0 Å². The molecule has 2 aromatic rings. The second-order valence-electron chi connectivity index (χ2n) is 9.04. The van der Waals surface area contributed by atoms with Crippen LogP contribution in [0.3, 0.4) is 0 Å². The van der Waals surface area contributed by atoms with Crippen molar-refractivity contribution in [3.63, 3.8) is 0 Å². The van der Waals surface area contributed by atoms with Crippen LogP contribution in [0.2, 0.25) is 0 Å². The first-order valence-corrected chi connectivity index (χ1v) is 16.8. The molecule has 4 unspecified atom stereocenters. The molecule has 4 atom stereocenters. The summed E-state index contributed by atoms with van der Waals surface area (Å²) < 4.78 is 0. The first kappa shape index (κ1) is 32.9. The van der Waals surface area contributed by atoms with E-state index in [0.29, 0.717) is 30.8 Å². The molecule has 10 nitrogen and oxygen atoms in total. The molecular weight excluding hydrogens is 559 g/mol. The molecule has 0 radical (unpaired) electrons. The van der Waals surface area contributed by atoms with Crippen LogP contribution >= 0.6 is 35.3 Å². The van der Waals surface area contributed by atoms with Crippen molar-refractivity contribution < 1.29 is 24.3 Å². The number of aromatic amines is 1. The van der Waals surface area contributed by atoms with Crippen LogP contribution in [0.15, 0.2) is 30.5 Å². The van der Waals surface area contributed by atoms with Crippen molar-refractivity contribution in [1.82, 2.24) is 20.9 Å². The Bertz CT molecular complexity index is 1100. The van der Waals surface area contributed by atoms with Gasteiger partial charge in [0.15, 0.2) is 0 Å². The number of hydrogen-bond acceptors (Lipinski definition) is 8. The fourth-order valence-corrected chi connectivity index (χ4v) is 5.36. The van der Waals surface area contributed by atoms with E-state index >= 15 is 0 Å². The molecule has 0 bridgehead atoms. The molecule has 0 aliphatic heterocycles. The Morgan fingerprint density at radius 3 is 1.90 bits per heavy atom. The second kappa shape index (κ2) is 17.4. The van der Waals surface area contributed by atoms with Crippen LogP contribution in [0.4, 0.5) is 0 Å². The molecule has 0 fully saturated rings. The largest absolute Gasteiger partial charge is 0.480 e. The van der Waals surface area contributed by atoms with E-state index < -0.39 is 47.9 Å². The summed E-state index contributed by atoms with van der Waals surface area (Å²) in [5, 5.41) is 18.8. The molecule has 7 N–H and O–H groups in total. The van der Waals surface area contributed by atoms with Crippen molar-refractivity contribution in [1.29, 1.82) is 0 Å². The fourth-order valence-electron chi connectivity index (χ4n) is 3.93. The topological polar surface area (TPSA) is 166 Å². The van der Waals surface area contributed by atoms with Gasteiger partial charge in [0.1, 0.15) is 18.1 Å². The van der Waals surface area contributed by atoms with Crippen molar-refractivity contribution in [2.75, 3.05) is 36.0 Å². The average molecular weight is 598 g/mol. The zero-order valence-electron chi connectivity index (χ0n) is 22.5. The summed E-state index contributed by atoms with van der Waals surface area (Å²) in [5.41, 5.74) is 7.62. The summed E-state index contributed by atoms with van der Waals surface area (Å²) in [4.78, 5) is 54.3. The Kier molecular flexibility index (Phi) is 14.6. The number of para-hydroxylation sites is 1. The molecule has 1 aromatic carbocycles. The molecule has 0 saturated carbocycles. The molecule has 3 amide bonds. The molecule has 13 heteroatoms. The molecule has 2 rings (SSSR count). The maximum absolute atomic E-state index is 13.3. The number of thioether (sulfide) groups is 3. The second-order valence-corrected chi connectivity index (χ2v) is 12.0. The highest BCUT2D eigenvalue weighted by Crippen LogP contribution is 2.19. The Balaban J connectivity index is 2.13. The standard InChI is InChI=1S/C26H39N5O5S3/c1-37-11-8-18(27)23(32)29-20(9-12-38-2)24(33)30-21(10-13-39-3)25(34)31-22(26(35)36)14-16-15-28-19-7-5-4-6-17(16)19/h4-7,15,18,20-22,28H,8-14,27H2,1-3H3,(H,29,32)(H,30,33)(H,31,34)(H,35,36). The maximum atomic E-state index is 13.3. The number of benzene rings is 1. The fraction of sp³-hybridized carbons (Fsp3) is 0.538. The predicted molar refractivity (Wildman–Crippen MR) is 162 cm³/mol. The molecule has 1 heterocycles. The zero-order chi connectivity index (χ0) is 28.8. The number of carbonyl (C=O) groups excluding carboxylic acids is 3. The summed E-state index contributed by atoms with van der Waals surface area (Å²) >= 11 is 4.62. The van der Waals surface area contributed by atoms with Gasteiger partial charge in [-0.15, -0.1) is 0 Å². The van der Waals surface area contributed by atoms with Crippen molar-refractivity contribution in [2.45, 2.75) is 49.9 Å². The number of carboxylic acid groups (broad SMARTS) is 1. The minimum absolute atomic E-state index is 0.0780. The van der Waals surface area contributed by atoms with Gasteiger partial charge in [-0.1, -0.05) is 18.2 Å². The SMILES string of the molecule is CSCCC(N)C(=O)NC(CCSC)C(=O)NC(CCSC)C(=O)NC(Cc1c[nH]c2ccccc12)C(=O)O. The van der Waals surface area contributed by atoms with Crippen LogP contribution < -0.4 is 21.7 Å². The number of amides is 3. The Morgan fingerprint density at radius 1 is 0.821 bits per heavy atom. The van der Waals surface area contributed by atoms with E-state index in [4.69, 9.17) is 5.73 Å². The summed E-state index contributed by atoms with van der Waals surface area (Å²) in [7, 11) is 0. The maximum Gasteiger partial charge on any atom is 0.326 e. The van der Waals surface area contributed by atoms with E-state index in [9.17, 15) is 24.3 Å². The van der Waals surface area contributed by atoms with Gasteiger partial charge in [-0.2, -0.15) is 35.3 Å². The van der Waals surface area contributed by atoms with E-state index in [0.717, 1.165) is 22.2 Å². The first-order chi connectivity index (χ1) is 18.7. The third-order valence-electron chi connectivity index (χ3n) is 6.17. The molecule has 0 saturated heterocycles. The number of hydrogen-bond donors (Lipinski definition) is 6. The number of carboxylic acids is 1. The van der Waals surface area contributed by atoms with Crippen LogP contribution in [0.1, 0.15) is 24.8 Å². The highest BCUT2D eigenvalue weighted by molar-refractivity contribution is 7.98. The van der Waals surface area contributed by atoms with Crippen molar-refractivity contribution in [3.8, 4) is 0 Å². The van der Waals surface area contributed by atoms with Gasteiger partial charge in [0.05, 0.1) is 6.04 Å². The summed E-state index contributed by atoms with van der Waals surface area (Å²) in [6.45, 7) is 0. The summed E-state index contributed by atoms with van der Waals surface area (Å²) in [5.74, 6) is -0.772. The van der Waals surface area contributed by atoms with Gasteiger partial charge >= 0.3 is 5.97 Å². The van der Waals surface area contributed by atoms with Gasteiger partial charge in [0, 0.05) is 23.5 Å². The van der Waals surface area contributed by atoms with E-state index in [-0.39, 0.29) is 6.42 Å². The van der Waals surface area contributed by atoms with Gasteiger partial charge < -0.3 is 31.8 Å². The van der Waals surface area contributed by atoms with E-state index in [1.165, 1.54) is 23.5 Å². The average Bonchev–Trinajstić information content (AvgIpc) is 3.33. The highest BCUT2D eigenvalue weighted by Gasteiger charge is 2.30. The molecule has 39 heavy (non-hydrogen) atoms. The highest BCUT2D eigenvalue weighted by atomic mass is 32.2. The van der Waals surface area contributed by atoms with Gasteiger partial charge in [-0.25, -0.2) is 4.79 Å². The van der Waals surface area contributed by atoms with E-state index in [1.807, 2.05) is 43.0 Å². The molecule has 0 spiro atoms. The minimum Gasteiger partial charge on any atom is -0.480 e. The lowest BCUT2D eigenvalue weighted by molar-refractivity contribution is -0.142. The van der Waals surface area contributed by atoms with Gasteiger partial charge in [0.25, 0.3) is 0 Å². The minimum atomic E-state index is -1.19.